The number of ether oxygens (including phenoxy) is 1. The Kier molecular flexibility index (Phi) is 5.81. The lowest BCUT2D eigenvalue weighted by Crippen LogP contribution is -2.41. The standard InChI is InChI=1S/C21H24F3N3O3/c22-21(23,24)18-7-6-15-17(25-18)11-16(26-20(15)29)13-4-3-8-27(12-13)19(28)10-14-5-1-2-9-30-14/h6-7,11,13-14H,1-5,8-10,12H2,(H,26,29)/t13-,14-/m0/s1. The highest BCUT2D eigenvalue weighted by Crippen LogP contribution is 2.30. The number of carbonyl (C=O) groups is 1. The Labute approximate surface area is 171 Å². The maximum absolute atomic E-state index is 13.0. The highest BCUT2D eigenvalue weighted by atomic mass is 19.4. The molecule has 30 heavy (non-hydrogen) atoms. The summed E-state index contributed by atoms with van der Waals surface area (Å²) in [5.41, 5.74) is -0.962. The van der Waals surface area contributed by atoms with Crippen molar-refractivity contribution in [3.63, 3.8) is 0 Å². The summed E-state index contributed by atoms with van der Waals surface area (Å²) in [6, 6.07) is 3.47. The van der Waals surface area contributed by atoms with E-state index in [2.05, 4.69) is 9.97 Å². The molecule has 0 spiro atoms. The van der Waals surface area contributed by atoms with Gasteiger partial charge in [0.15, 0.2) is 0 Å². The Morgan fingerprint density at radius 2 is 2.07 bits per heavy atom. The molecule has 1 N–H and O–H groups in total. The maximum atomic E-state index is 13.0. The number of piperidine rings is 1. The fraction of sp³-hybridized carbons (Fsp3) is 0.571. The van der Waals surface area contributed by atoms with Crippen LogP contribution in [0.2, 0.25) is 0 Å². The molecule has 4 heterocycles. The Morgan fingerprint density at radius 3 is 2.80 bits per heavy atom. The number of alkyl halides is 3. The van der Waals surface area contributed by atoms with Gasteiger partial charge in [-0.1, -0.05) is 0 Å². The summed E-state index contributed by atoms with van der Waals surface area (Å²) in [5, 5.41) is 0.116. The van der Waals surface area contributed by atoms with E-state index in [1.807, 2.05) is 0 Å². The number of nitrogens with zero attached hydrogens (tertiary/aromatic N) is 2. The molecule has 0 bridgehead atoms. The minimum atomic E-state index is -4.58. The molecule has 2 aliphatic rings. The van der Waals surface area contributed by atoms with Crippen LogP contribution in [-0.2, 0) is 15.7 Å². The number of H-pyrrole nitrogens is 1. The average molecular weight is 423 g/mol. The molecule has 6 nitrogen and oxygen atoms in total. The number of fused-ring (bicyclic) bond motifs is 1. The van der Waals surface area contributed by atoms with E-state index in [9.17, 15) is 22.8 Å². The molecule has 2 aromatic heterocycles. The van der Waals surface area contributed by atoms with E-state index < -0.39 is 17.4 Å². The van der Waals surface area contributed by atoms with Crippen LogP contribution in [0.3, 0.4) is 0 Å². The molecule has 4 rings (SSSR count). The van der Waals surface area contributed by atoms with E-state index in [1.54, 1.807) is 4.90 Å². The average Bonchev–Trinajstić information content (AvgIpc) is 2.73. The van der Waals surface area contributed by atoms with Crippen LogP contribution in [0.5, 0.6) is 0 Å². The first-order chi connectivity index (χ1) is 14.3. The van der Waals surface area contributed by atoms with Crippen LogP contribution in [0.4, 0.5) is 13.2 Å². The second-order valence-corrected chi connectivity index (χ2v) is 8.05. The van der Waals surface area contributed by atoms with Crippen LogP contribution >= 0.6 is 0 Å². The smallest absolute Gasteiger partial charge is 0.378 e. The van der Waals surface area contributed by atoms with Crippen LogP contribution in [0.1, 0.15) is 55.8 Å². The molecule has 0 unspecified atom stereocenters. The number of amides is 1. The van der Waals surface area contributed by atoms with Crippen molar-refractivity contribution in [1.29, 1.82) is 0 Å². The van der Waals surface area contributed by atoms with Crippen molar-refractivity contribution in [2.45, 2.75) is 56.7 Å². The predicted molar refractivity (Wildman–Crippen MR) is 104 cm³/mol. The van der Waals surface area contributed by atoms with Crippen molar-refractivity contribution in [2.75, 3.05) is 19.7 Å². The Bertz CT molecular complexity index is 983. The van der Waals surface area contributed by atoms with Gasteiger partial charge in [0.2, 0.25) is 5.91 Å². The molecule has 0 radical (unpaired) electrons. The van der Waals surface area contributed by atoms with Crippen LogP contribution in [0.15, 0.2) is 23.0 Å². The number of halogens is 3. The quantitative estimate of drug-likeness (QED) is 0.819. The molecule has 0 aromatic carbocycles. The van der Waals surface area contributed by atoms with Crippen molar-refractivity contribution in [2.24, 2.45) is 0 Å². The Hall–Kier alpha value is -2.42. The monoisotopic (exact) mass is 423 g/mol. The molecule has 2 saturated heterocycles. The lowest BCUT2D eigenvalue weighted by atomic mass is 9.93. The van der Waals surface area contributed by atoms with Crippen LogP contribution in [0.25, 0.3) is 10.9 Å². The normalized spacial score (nSPS) is 23.0. The molecule has 2 aliphatic heterocycles. The molecule has 0 aliphatic carbocycles. The van der Waals surface area contributed by atoms with Gasteiger partial charge >= 0.3 is 6.18 Å². The van der Waals surface area contributed by atoms with Crippen LogP contribution in [-0.4, -0.2) is 46.6 Å². The first-order valence-electron chi connectivity index (χ1n) is 10.3. The summed E-state index contributed by atoms with van der Waals surface area (Å²) in [5.74, 6) is -0.129. The molecule has 2 aromatic rings. The first kappa shape index (κ1) is 20.8. The minimum absolute atomic E-state index is 0.0163. The second kappa shape index (κ2) is 8.37. The summed E-state index contributed by atoms with van der Waals surface area (Å²) in [4.78, 5) is 33.3. The van der Waals surface area contributed by atoms with Gasteiger partial charge in [-0.05, 0) is 50.3 Å². The summed E-state index contributed by atoms with van der Waals surface area (Å²) >= 11 is 0. The largest absolute Gasteiger partial charge is 0.433 e. The van der Waals surface area contributed by atoms with Crippen LogP contribution in [0, 0.1) is 0 Å². The van der Waals surface area contributed by atoms with Crippen molar-refractivity contribution >= 4 is 16.8 Å². The number of likely N-dealkylation sites (tertiary alicyclic amines) is 1. The Balaban J connectivity index is 1.53. The van der Waals surface area contributed by atoms with Gasteiger partial charge in [0.25, 0.3) is 5.56 Å². The van der Waals surface area contributed by atoms with Crippen molar-refractivity contribution < 1.29 is 22.7 Å². The van der Waals surface area contributed by atoms with Gasteiger partial charge in [-0.25, -0.2) is 4.98 Å². The fourth-order valence-electron chi connectivity index (χ4n) is 4.29. The van der Waals surface area contributed by atoms with E-state index in [4.69, 9.17) is 4.74 Å². The second-order valence-electron chi connectivity index (χ2n) is 8.05. The van der Waals surface area contributed by atoms with Gasteiger partial charge in [0, 0.05) is 31.3 Å². The van der Waals surface area contributed by atoms with Crippen molar-refractivity contribution in [1.82, 2.24) is 14.9 Å². The lowest BCUT2D eigenvalue weighted by molar-refractivity contribution is -0.141. The highest BCUT2D eigenvalue weighted by Gasteiger charge is 2.33. The molecule has 162 valence electrons. The van der Waals surface area contributed by atoms with Gasteiger partial charge in [-0.15, -0.1) is 0 Å². The van der Waals surface area contributed by atoms with E-state index in [0.29, 0.717) is 31.8 Å². The molecule has 2 atom stereocenters. The first-order valence-corrected chi connectivity index (χ1v) is 10.3. The zero-order valence-corrected chi connectivity index (χ0v) is 16.5. The third-order valence-electron chi connectivity index (χ3n) is 5.90. The molecule has 0 saturated carbocycles. The van der Waals surface area contributed by atoms with Gasteiger partial charge < -0.3 is 14.6 Å². The zero-order chi connectivity index (χ0) is 21.3. The number of aromatic amines is 1. The van der Waals surface area contributed by atoms with E-state index in [1.165, 1.54) is 6.07 Å². The van der Waals surface area contributed by atoms with E-state index in [-0.39, 0.29) is 28.8 Å². The van der Waals surface area contributed by atoms with Gasteiger partial charge in [0.05, 0.1) is 23.4 Å². The molecular formula is C21H24F3N3O3. The third kappa shape index (κ3) is 4.50. The van der Waals surface area contributed by atoms with Crippen molar-refractivity contribution in [3.8, 4) is 0 Å². The van der Waals surface area contributed by atoms with E-state index in [0.717, 1.165) is 44.2 Å². The Morgan fingerprint density at radius 1 is 1.23 bits per heavy atom. The molecule has 2 fully saturated rings. The number of pyridine rings is 2. The van der Waals surface area contributed by atoms with E-state index >= 15 is 0 Å². The number of carbonyl (C=O) groups excluding carboxylic acids is 1. The number of hydrogen-bond donors (Lipinski definition) is 1. The number of aromatic nitrogens is 2. The van der Waals surface area contributed by atoms with Crippen molar-refractivity contribution in [3.05, 3.63) is 39.9 Å². The predicted octanol–water partition coefficient (Wildman–Crippen LogP) is 3.61. The minimum Gasteiger partial charge on any atom is -0.378 e. The zero-order valence-electron chi connectivity index (χ0n) is 16.5. The summed E-state index contributed by atoms with van der Waals surface area (Å²) in [6.45, 7) is 1.74. The maximum Gasteiger partial charge on any atom is 0.433 e. The lowest BCUT2D eigenvalue weighted by Gasteiger charge is -2.34. The van der Waals surface area contributed by atoms with Gasteiger partial charge in [-0.3, -0.25) is 9.59 Å². The third-order valence-corrected chi connectivity index (χ3v) is 5.90. The topological polar surface area (TPSA) is 75.3 Å². The molecule has 9 heteroatoms. The SMILES string of the molecule is O=C(C[C@@H]1CCCCO1)N1CCC[C@H](c2cc3nc(C(F)(F)F)ccc3c(=O)[nH]2)C1. The summed E-state index contributed by atoms with van der Waals surface area (Å²) < 4.78 is 44.7. The molecule has 1 amide bonds. The number of hydrogen-bond acceptors (Lipinski definition) is 4. The number of rotatable bonds is 3. The van der Waals surface area contributed by atoms with Crippen LogP contribution < -0.4 is 5.56 Å². The summed E-state index contributed by atoms with van der Waals surface area (Å²) in [6.07, 6.45) is 0.193. The number of nitrogens with one attached hydrogen (secondary N) is 1. The van der Waals surface area contributed by atoms with Gasteiger partial charge in [0.1, 0.15) is 5.69 Å². The summed E-state index contributed by atoms with van der Waals surface area (Å²) in [7, 11) is 0. The fourth-order valence-corrected chi connectivity index (χ4v) is 4.29. The highest BCUT2D eigenvalue weighted by molar-refractivity contribution is 5.78. The molecular weight excluding hydrogens is 399 g/mol. The van der Waals surface area contributed by atoms with Gasteiger partial charge in [-0.2, -0.15) is 13.2 Å².